The van der Waals surface area contributed by atoms with Crippen molar-refractivity contribution in [3.8, 4) is 5.75 Å². The van der Waals surface area contributed by atoms with Gasteiger partial charge < -0.3 is 4.74 Å². The highest BCUT2D eigenvalue weighted by Crippen LogP contribution is 2.28. The molecule has 0 aromatic heterocycles. The summed E-state index contributed by atoms with van der Waals surface area (Å²) >= 11 is 9.37. The molecular formula is C15H12BrClO2. The van der Waals surface area contributed by atoms with Crippen LogP contribution in [0.15, 0.2) is 40.9 Å². The molecule has 0 aliphatic heterocycles. The molecule has 0 aliphatic rings. The van der Waals surface area contributed by atoms with E-state index in [1.54, 1.807) is 18.2 Å². The van der Waals surface area contributed by atoms with Crippen molar-refractivity contribution >= 4 is 33.3 Å². The van der Waals surface area contributed by atoms with Crippen LogP contribution in [0.1, 0.15) is 21.5 Å². The number of hydrogen-bond acceptors (Lipinski definition) is 2. The monoisotopic (exact) mass is 338 g/mol. The summed E-state index contributed by atoms with van der Waals surface area (Å²) in [6.07, 6.45) is 0. The fourth-order valence-corrected chi connectivity index (χ4v) is 2.63. The molecule has 0 saturated heterocycles. The van der Waals surface area contributed by atoms with Crippen LogP contribution >= 0.6 is 27.5 Å². The zero-order chi connectivity index (χ0) is 14.0. The standard InChI is InChI=1S/C15H12BrClO2/c1-9-3-5-11(12(16)7-9)15(18)10-4-6-13(17)14(8-10)19-2/h3-8H,1-2H3. The lowest BCUT2D eigenvalue weighted by molar-refractivity contribution is 0.103. The lowest BCUT2D eigenvalue weighted by Crippen LogP contribution is -2.03. The Labute approximate surface area is 125 Å². The number of benzene rings is 2. The largest absolute Gasteiger partial charge is 0.495 e. The predicted octanol–water partition coefficient (Wildman–Crippen LogP) is 4.65. The maximum Gasteiger partial charge on any atom is 0.194 e. The minimum Gasteiger partial charge on any atom is -0.495 e. The Morgan fingerprint density at radius 1 is 1.21 bits per heavy atom. The van der Waals surface area contributed by atoms with Gasteiger partial charge in [-0.1, -0.05) is 33.6 Å². The minimum absolute atomic E-state index is 0.0677. The Balaban J connectivity index is 2.44. The Bertz CT molecular complexity index is 638. The van der Waals surface area contributed by atoms with Gasteiger partial charge in [-0.2, -0.15) is 0 Å². The minimum atomic E-state index is -0.0677. The highest BCUT2D eigenvalue weighted by Gasteiger charge is 2.14. The maximum absolute atomic E-state index is 12.4. The van der Waals surface area contributed by atoms with E-state index in [9.17, 15) is 4.79 Å². The average molecular weight is 340 g/mol. The van der Waals surface area contributed by atoms with Gasteiger partial charge in [0.2, 0.25) is 0 Å². The lowest BCUT2D eigenvalue weighted by Gasteiger charge is -2.08. The van der Waals surface area contributed by atoms with Crippen LogP contribution in [0.2, 0.25) is 5.02 Å². The van der Waals surface area contributed by atoms with Crippen molar-refractivity contribution < 1.29 is 9.53 Å². The molecule has 0 fully saturated rings. The van der Waals surface area contributed by atoms with Crippen molar-refractivity contribution in [2.45, 2.75) is 6.92 Å². The lowest BCUT2D eigenvalue weighted by atomic mass is 10.0. The van der Waals surface area contributed by atoms with Gasteiger partial charge in [0.05, 0.1) is 12.1 Å². The van der Waals surface area contributed by atoms with Crippen molar-refractivity contribution in [1.82, 2.24) is 0 Å². The number of carbonyl (C=O) groups is 1. The van der Waals surface area contributed by atoms with Crippen LogP contribution < -0.4 is 4.74 Å². The van der Waals surface area contributed by atoms with E-state index in [0.29, 0.717) is 21.9 Å². The van der Waals surface area contributed by atoms with Gasteiger partial charge >= 0.3 is 0 Å². The number of ketones is 1. The number of ether oxygens (including phenoxy) is 1. The fraction of sp³-hybridized carbons (Fsp3) is 0.133. The summed E-state index contributed by atoms with van der Waals surface area (Å²) in [5, 5.41) is 0.488. The van der Waals surface area contributed by atoms with Crippen LogP contribution in [-0.2, 0) is 0 Å². The number of halogens is 2. The van der Waals surface area contributed by atoms with Crippen molar-refractivity contribution in [3.05, 3.63) is 62.6 Å². The third-order valence-corrected chi connectivity index (χ3v) is 3.75. The van der Waals surface area contributed by atoms with Gasteiger partial charge in [0, 0.05) is 15.6 Å². The quantitative estimate of drug-likeness (QED) is 0.761. The normalized spacial score (nSPS) is 10.3. The molecule has 4 heteroatoms. The Morgan fingerprint density at radius 3 is 2.58 bits per heavy atom. The molecule has 2 aromatic carbocycles. The topological polar surface area (TPSA) is 26.3 Å². The SMILES string of the molecule is COc1cc(C(=O)c2ccc(C)cc2Br)ccc1Cl. The van der Waals surface area contributed by atoms with Crippen molar-refractivity contribution in [2.24, 2.45) is 0 Å². The van der Waals surface area contributed by atoms with Gasteiger partial charge in [0.1, 0.15) is 5.75 Å². The summed E-state index contributed by atoms with van der Waals surface area (Å²) < 4.78 is 5.91. The first kappa shape index (κ1) is 14.1. The highest BCUT2D eigenvalue weighted by atomic mass is 79.9. The van der Waals surface area contributed by atoms with Gasteiger partial charge in [0.15, 0.2) is 5.78 Å². The molecule has 0 N–H and O–H groups in total. The summed E-state index contributed by atoms with van der Waals surface area (Å²) in [7, 11) is 1.53. The summed E-state index contributed by atoms with van der Waals surface area (Å²) in [4.78, 5) is 12.4. The van der Waals surface area contributed by atoms with Crippen LogP contribution in [0, 0.1) is 6.92 Å². The highest BCUT2D eigenvalue weighted by molar-refractivity contribution is 9.10. The molecule has 0 radical (unpaired) electrons. The molecule has 0 spiro atoms. The van der Waals surface area contributed by atoms with E-state index in [2.05, 4.69) is 15.9 Å². The number of rotatable bonds is 3. The molecule has 0 saturated carbocycles. The Kier molecular flexibility index (Phi) is 4.27. The maximum atomic E-state index is 12.4. The second kappa shape index (κ2) is 5.76. The molecule has 19 heavy (non-hydrogen) atoms. The number of carbonyl (C=O) groups excluding carboxylic acids is 1. The summed E-state index contributed by atoms with van der Waals surface area (Å²) in [5.74, 6) is 0.428. The number of hydrogen-bond donors (Lipinski definition) is 0. The third-order valence-electron chi connectivity index (χ3n) is 2.78. The zero-order valence-electron chi connectivity index (χ0n) is 10.5. The second-order valence-corrected chi connectivity index (χ2v) is 5.42. The summed E-state index contributed by atoms with van der Waals surface area (Å²) in [5.41, 5.74) is 2.26. The zero-order valence-corrected chi connectivity index (χ0v) is 12.9. The molecule has 0 amide bonds. The third kappa shape index (κ3) is 2.99. The van der Waals surface area contributed by atoms with E-state index in [4.69, 9.17) is 16.3 Å². The van der Waals surface area contributed by atoms with Gasteiger partial charge in [-0.15, -0.1) is 0 Å². The molecule has 0 bridgehead atoms. The van der Waals surface area contributed by atoms with Gasteiger partial charge in [-0.25, -0.2) is 0 Å². The van der Waals surface area contributed by atoms with Crippen molar-refractivity contribution in [1.29, 1.82) is 0 Å². The van der Waals surface area contributed by atoms with Crippen LogP contribution in [-0.4, -0.2) is 12.9 Å². The molecule has 0 unspecified atom stereocenters. The Hall–Kier alpha value is -1.32. The van der Waals surface area contributed by atoms with Crippen LogP contribution in [0.4, 0.5) is 0 Å². The van der Waals surface area contributed by atoms with Crippen LogP contribution in [0.3, 0.4) is 0 Å². The second-order valence-electron chi connectivity index (χ2n) is 4.16. The molecule has 98 valence electrons. The first-order valence-electron chi connectivity index (χ1n) is 5.67. The van der Waals surface area contributed by atoms with E-state index in [1.165, 1.54) is 7.11 Å². The smallest absolute Gasteiger partial charge is 0.194 e. The number of methoxy groups -OCH3 is 1. The first-order chi connectivity index (χ1) is 9.02. The molecular weight excluding hydrogens is 328 g/mol. The predicted molar refractivity (Wildman–Crippen MR) is 80.3 cm³/mol. The fourth-order valence-electron chi connectivity index (χ4n) is 1.76. The molecule has 0 aliphatic carbocycles. The van der Waals surface area contributed by atoms with Gasteiger partial charge in [-0.3, -0.25) is 4.79 Å². The molecule has 0 heterocycles. The summed E-state index contributed by atoms with van der Waals surface area (Å²) in [6.45, 7) is 1.98. The van der Waals surface area contributed by atoms with Gasteiger partial charge in [-0.05, 0) is 42.8 Å². The van der Waals surface area contributed by atoms with E-state index >= 15 is 0 Å². The molecule has 0 atom stereocenters. The first-order valence-corrected chi connectivity index (χ1v) is 6.84. The van der Waals surface area contributed by atoms with Gasteiger partial charge in [0.25, 0.3) is 0 Å². The molecule has 2 aromatic rings. The Morgan fingerprint density at radius 2 is 1.95 bits per heavy atom. The molecule has 2 rings (SSSR count). The molecule has 2 nitrogen and oxygen atoms in total. The summed E-state index contributed by atoms with van der Waals surface area (Å²) in [6, 6.07) is 10.6. The van der Waals surface area contributed by atoms with E-state index < -0.39 is 0 Å². The van der Waals surface area contributed by atoms with E-state index in [0.717, 1.165) is 10.0 Å². The average Bonchev–Trinajstić information content (AvgIpc) is 2.38. The van der Waals surface area contributed by atoms with E-state index in [1.807, 2.05) is 25.1 Å². The van der Waals surface area contributed by atoms with Crippen molar-refractivity contribution in [3.63, 3.8) is 0 Å². The number of aryl methyl sites for hydroxylation is 1. The van der Waals surface area contributed by atoms with Crippen molar-refractivity contribution in [2.75, 3.05) is 7.11 Å². The van der Waals surface area contributed by atoms with Crippen LogP contribution in [0.25, 0.3) is 0 Å². The van der Waals surface area contributed by atoms with E-state index in [-0.39, 0.29) is 5.78 Å². The van der Waals surface area contributed by atoms with Crippen LogP contribution in [0.5, 0.6) is 5.75 Å².